The Hall–Kier alpha value is -2.45. The third-order valence-corrected chi connectivity index (χ3v) is 7.35. The topological polar surface area (TPSA) is 60.0 Å². The zero-order valence-corrected chi connectivity index (χ0v) is 21.5. The summed E-state index contributed by atoms with van der Waals surface area (Å²) in [6.45, 7) is 1.83. The Kier molecular flexibility index (Phi) is 7.88. The molecule has 1 fully saturated rings. The molecule has 180 valence electrons. The molecule has 1 heterocycles. The average molecular weight is 521 g/mol. The average Bonchev–Trinajstić information content (AvgIpc) is 3.25. The van der Waals surface area contributed by atoms with E-state index < -0.39 is 11.0 Å². The van der Waals surface area contributed by atoms with Crippen molar-refractivity contribution in [1.82, 2.24) is 4.90 Å². The summed E-state index contributed by atoms with van der Waals surface area (Å²) in [4.78, 5) is 2.75. The number of rotatable bonds is 8. The van der Waals surface area contributed by atoms with Crippen molar-refractivity contribution in [2.75, 3.05) is 39.1 Å². The highest BCUT2D eigenvalue weighted by atomic mass is 35.5. The molecule has 0 saturated carbocycles. The highest BCUT2D eigenvalue weighted by Gasteiger charge is 2.22. The van der Waals surface area contributed by atoms with E-state index in [1.807, 2.05) is 18.2 Å². The van der Waals surface area contributed by atoms with Crippen LogP contribution in [0.5, 0.6) is 17.2 Å². The summed E-state index contributed by atoms with van der Waals surface area (Å²) in [5, 5.41) is 1.13. The minimum absolute atomic E-state index is 0.0746. The number of hydrogen-bond donors (Lipinski definition) is 1. The molecule has 3 aromatic carbocycles. The number of ether oxygens (including phenoxy) is 3. The summed E-state index contributed by atoms with van der Waals surface area (Å²) in [6, 6.07) is 16.1. The molecule has 9 heteroatoms. The normalized spacial score (nSPS) is 16.8. The number of likely N-dealkylation sites (tertiary alicyclic amines) is 1. The largest absolute Gasteiger partial charge is 0.493 e. The Labute approximate surface area is 212 Å². The van der Waals surface area contributed by atoms with Crippen LogP contribution < -0.4 is 18.9 Å². The standard InChI is InChI=1S/C25H26Cl2N2O4S/c1-29-11-10-19(15-29)33-22-12-18(8-9-21(22)27)28-34(30)25-14-24(32-3)23(31-2)13-20(25)16-4-6-17(26)7-5-16/h4-9,12-14,19,28H,10-11,15H2,1-3H3/t19-,34?/m1/s1. The predicted octanol–water partition coefficient (Wildman–Crippen LogP) is 5.90. The summed E-state index contributed by atoms with van der Waals surface area (Å²) in [7, 11) is 3.55. The van der Waals surface area contributed by atoms with Crippen LogP contribution in [-0.4, -0.2) is 49.6 Å². The molecule has 4 rings (SSSR count). The van der Waals surface area contributed by atoms with E-state index in [2.05, 4.69) is 16.7 Å². The first-order valence-electron chi connectivity index (χ1n) is 10.7. The maximum atomic E-state index is 13.5. The number of benzene rings is 3. The van der Waals surface area contributed by atoms with Gasteiger partial charge in [-0.05, 0) is 49.4 Å². The fourth-order valence-electron chi connectivity index (χ4n) is 3.86. The van der Waals surface area contributed by atoms with E-state index in [1.54, 1.807) is 50.6 Å². The number of nitrogens with one attached hydrogen (secondary N) is 1. The van der Waals surface area contributed by atoms with E-state index >= 15 is 0 Å². The van der Waals surface area contributed by atoms with Gasteiger partial charge in [-0.2, -0.15) is 0 Å². The van der Waals surface area contributed by atoms with Crippen LogP contribution in [-0.2, 0) is 11.0 Å². The number of nitrogens with zero attached hydrogens (tertiary/aromatic N) is 1. The van der Waals surface area contributed by atoms with Crippen LogP contribution in [0.25, 0.3) is 11.1 Å². The molecular formula is C25H26Cl2N2O4S. The smallest absolute Gasteiger partial charge is 0.162 e. The first-order chi connectivity index (χ1) is 16.4. The molecule has 0 radical (unpaired) electrons. The molecule has 3 aromatic rings. The number of likely N-dealkylation sites (N-methyl/N-ethyl adjacent to an activating group) is 1. The van der Waals surface area contributed by atoms with Crippen molar-refractivity contribution < 1.29 is 18.4 Å². The van der Waals surface area contributed by atoms with Gasteiger partial charge in [-0.1, -0.05) is 35.3 Å². The zero-order chi connectivity index (χ0) is 24.2. The van der Waals surface area contributed by atoms with Gasteiger partial charge in [0.2, 0.25) is 0 Å². The molecule has 1 aliphatic heterocycles. The molecule has 34 heavy (non-hydrogen) atoms. The fourth-order valence-corrected chi connectivity index (χ4v) is 5.19. The van der Waals surface area contributed by atoms with E-state index in [0.29, 0.717) is 37.9 Å². The Morgan fingerprint density at radius 2 is 1.68 bits per heavy atom. The molecule has 1 N–H and O–H groups in total. The van der Waals surface area contributed by atoms with Crippen molar-refractivity contribution in [2.45, 2.75) is 17.4 Å². The van der Waals surface area contributed by atoms with Gasteiger partial charge in [0.1, 0.15) is 11.9 Å². The van der Waals surface area contributed by atoms with Crippen LogP contribution in [0.2, 0.25) is 10.0 Å². The molecule has 0 bridgehead atoms. The van der Waals surface area contributed by atoms with Crippen molar-refractivity contribution >= 4 is 39.9 Å². The van der Waals surface area contributed by atoms with E-state index in [-0.39, 0.29) is 6.10 Å². The van der Waals surface area contributed by atoms with Crippen LogP contribution in [0.4, 0.5) is 5.69 Å². The van der Waals surface area contributed by atoms with Gasteiger partial charge in [-0.15, -0.1) is 0 Å². The van der Waals surface area contributed by atoms with E-state index in [9.17, 15) is 4.21 Å². The lowest BCUT2D eigenvalue weighted by atomic mass is 10.1. The Morgan fingerprint density at radius 1 is 0.971 bits per heavy atom. The molecule has 0 aromatic heterocycles. The van der Waals surface area contributed by atoms with Crippen molar-refractivity contribution in [1.29, 1.82) is 0 Å². The van der Waals surface area contributed by atoms with Crippen LogP contribution in [0.1, 0.15) is 6.42 Å². The molecule has 0 amide bonds. The highest BCUT2D eigenvalue weighted by molar-refractivity contribution is 7.86. The Bertz CT molecular complexity index is 1190. The van der Waals surface area contributed by atoms with Crippen LogP contribution >= 0.6 is 23.2 Å². The Balaban J connectivity index is 1.65. The third-order valence-electron chi connectivity index (χ3n) is 5.62. The summed E-state index contributed by atoms with van der Waals surface area (Å²) in [5.74, 6) is 1.59. The summed E-state index contributed by atoms with van der Waals surface area (Å²) in [5.41, 5.74) is 2.21. The van der Waals surface area contributed by atoms with Crippen molar-refractivity contribution in [2.24, 2.45) is 0 Å². The van der Waals surface area contributed by atoms with Gasteiger partial charge in [-0.25, -0.2) is 4.21 Å². The summed E-state index contributed by atoms with van der Waals surface area (Å²) in [6.07, 6.45) is 1.01. The van der Waals surface area contributed by atoms with Crippen LogP contribution in [0.3, 0.4) is 0 Å². The van der Waals surface area contributed by atoms with Gasteiger partial charge in [0, 0.05) is 35.8 Å². The maximum Gasteiger partial charge on any atom is 0.162 e. The second-order valence-corrected chi connectivity index (χ2v) is 10.0. The van der Waals surface area contributed by atoms with Crippen molar-refractivity contribution in [3.63, 3.8) is 0 Å². The second-order valence-electron chi connectivity index (χ2n) is 8.02. The van der Waals surface area contributed by atoms with Crippen LogP contribution in [0, 0.1) is 0 Å². The maximum absolute atomic E-state index is 13.5. The quantitative estimate of drug-likeness (QED) is 0.400. The monoisotopic (exact) mass is 520 g/mol. The van der Waals surface area contributed by atoms with Gasteiger partial charge in [0.15, 0.2) is 22.5 Å². The number of hydrogen-bond acceptors (Lipinski definition) is 5. The van der Waals surface area contributed by atoms with Gasteiger partial charge in [-0.3, -0.25) is 0 Å². The van der Waals surface area contributed by atoms with Gasteiger partial charge < -0.3 is 23.8 Å². The first-order valence-corrected chi connectivity index (χ1v) is 12.6. The Morgan fingerprint density at radius 3 is 2.32 bits per heavy atom. The predicted molar refractivity (Wildman–Crippen MR) is 138 cm³/mol. The molecular weight excluding hydrogens is 495 g/mol. The highest BCUT2D eigenvalue weighted by Crippen LogP contribution is 2.38. The van der Waals surface area contributed by atoms with Crippen molar-refractivity contribution in [3.05, 3.63) is 64.6 Å². The molecule has 1 saturated heterocycles. The minimum atomic E-state index is -1.62. The fraction of sp³-hybridized carbons (Fsp3) is 0.280. The molecule has 0 aliphatic carbocycles. The first kappa shape index (κ1) is 24.7. The van der Waals surface area contributed by atoms with Gasteiger partial charge >= 0.3 is 0 Å². The molecule has 1 aliphatic rings. The molecule has 2 atom stereocenters. The minimum Gasteiger partial charge on any atom is -0.493 e. The number of halogens is 2. The lowest BCUT2D eigenvalue weighted by Crippen LogP contribution is -2.21. The number of anilines is 1. The molecule has 1 unspecified atom stereocenters. The molecule has 0 spiro atoms. The van der Waals surface area contributed by atoms with Gasteiger partial charge in [0.05, 0.1) is 29.8 Å². The second kappa shape index (κ2) is 10.9. The zero-order valence-electron chi connectivity index (χ0n) is 19.1. The van der Waals surface area contributed by atoms with Crippen LogP contribution in [0.15, 0.2) is 59.5 Å². The summed E-state index contributed by atoms with van der Waals surface area (Å²) >= 11 is 12.4. The van der Waals surface area contributed by atoms with Gasteiger partial charge in [0.25, 0.3) is 0 Å². The van der Waals surface area contributed by atoms with E-state index in [4.69, 9.17) is 37.4 Å². The lowest BCUT2D eigenvalue weighted by molar-refractivity contribution is 0.208. The number of methoxy groups -OCH3 is 2. The third kappa shape index (κ3) is 5.61. The van der Waals surface area contributed by atoms with Crippen molar-refractivity contribution in [3.8, 4) is 28.4 Å². The summed E-state index contributed by atoms with van der Waals surface area (Å²) < 4.78 is 33.6. The SMILES string of the molecule is COc1cc(-c2ccc(Cl)cc2)c(S(=O)Nc2ccc(Cl)c(O[C@@H]3CCN(C)C3)c2)cc1OC. The van der Waals surface area contributed by atoms with E-state index in [0.717, 1.165) is 30.6 Å². The van der Waals surface area contributed by atoms with E-state index in [1.165, 1.54) is 0 Å². The lowest BCUT2D eigenvalue weighted by Gasteiger charge is -2.17. The molecule has 6 nitrogen and oxygen atoms in total.